The molecule has 0 unspecified atom stereocenters. The fourth-order valence-electron chi connectivity index (χ4n) is 3.15. The number of amides is 1. The molecule has 0 N–H and O–H groups in total. The maximum atomic E-state index is 14.6. The summed E-state index contributed by atoms with van der Waals surface area (Å²) in [4.78, 5) is 12.7. The molecule has 1 aliphatic heterocycles. The van der Waals surface area contributed by atoms with Gasteiger partial charge < -0.3 is 4.74 Å². The van der Waals surface area contributed by atoms with Crippen molar-refractivity contribution in [2.45, 2.75) is 39.3 Å². The number of nitrogens with zero attached hydrogens (tertiary/aromatic N) is 3. The van der Waals surface area contributed by atoms with Crippen molar-refractivity contribution in [3.63, 3.8) is 0 Å². The van der Waals surface area contributed by atoms with Gasteiger partial charge >= 0.3 is 12.1 Å². The van der Waals surface area contributed by atoms with Crippen molar-refractivity contribution in [1.82, 2.24) is 14.7 Å². The van der Waals surface area contributed by atoms with Crippen LogP contribution in [0.4, 0.5) is 13.6 Å². The first-order valence-corrected chi connectivity index (χ1v) is 8.37. The van der Waals surface area contributed by atoms with E-state index in [0.717, 1.165) is 11.4 Å². The molecule has 0 aliphatic carbocycles. The molecule has 0 fully saturated rings. The standard InChI is InChI=1S/C18H21F2N3O2/c1-3-23-15(12-13(2)21-23)9-11-25-17(24)22-10-8-14-6-4-5-7-16(14)18(22,19)20/h4-7,12H,3,8-11H2,1-2H3. The average Bonchev–Trinajstić information content (AvgIpc) is 2.94. The summed E-state index contributed by atoms with van der Waals surface area (Å²) in [7, 11) is 0. The molecule has 2 heterocycles. The molecule has 7 heteroatoms. The molecule has 3 rings (SSSR count). The van der Waals surface area contributed by atoms with Crippen LogP contribution in [-0.2, 0) is 30.2 Å². The molecule has 0 spiro atoms. The van der Waals surface area contributed by atoms with Crippen molar-refractivity contribution < 1.29 is 18.3 Å². The molecule has 1 aromatic heterocycles. The summed E-state index contributed by atoms with van der Waals surface area (Å²) in [5.74, 6) is 0. The average molecular weight is 349 g/mol. The monoisotopic (exact) mass is 349 g/mol. The maximum absolute atomic E-state index is 14.6. The summed E-state index contributed by atoms with van der Waals surface area (Å²) in [6, 6.07) is 4.85. The van der Waals surface area contributed by atoms with Crippen LogP contribution in [0, 0.1) is 6.92 Å². The molecule has 5 nitrogen and oxygen atoms in total. The number of halogens is 2. The third-order valence-corrected chi connectivity index (χ3v) is 4.37. The molecule has 1 aliphatic rings. The fourth-order valence-corrected chi connectivity index (χ4v) is 3.15. The van der Waals surface area contributed by atoms with Crippen LogP contribution in [0.1, 0.15) is 29.4 Å². The van der Waals surface area contributed by atoms with Gasteiger partial charge in [-0.25, -0.2) is 9.69 Å². The summed E-state index contributed by atoms with van der Waals surface area (Å²) in [6.45, 7) is 4.53. The third-order valence-electron chi connectivity index (χ3n) is 4.37. The number of rotatable bonds is 4. The minimum absolute atomic E-state index is 0.0399. The Morgan fingerprint density at radius 2 is 2.12 bits per heavy atom. The van der Waals surface area contributed by atoms with Gasteiger partial charge in [-0.2, -0.15) is 13.9 Å². The molecule has 1 aromatic carbocycles. The number of fused-ring (bicyclic) bond motifs is 1. The smallest absolute Gasteiger partial charge is 0.414 e. The van der Waals surface area contributed by atoms with Crippen LogP contribution < -0.4 is 0 Å². The Balaban J connectivity index is 1.64. The van der Waals surface area contributed by atoms with Gasteiger partial charge in [0.2, 0.25) is 0 Å². The molecule has 25 heavy (non-hydrogen) atoms. The Kier molecular flexibility index (Phi) is 4.74. The number of alkyl halides is 2. The van der Waals surface area contributed by atoms with Gasteiger partial charge in [0.25, 0.3) is 0 Å². The van der Waals surface area contributed by atoms with E-state index in [4.69, 9.17) is 4.74 Å². The maximum Gasteiger partial charge on any atom is 0.414 e. The molecule has 0 saturated carbocycles. The normalized spacial score (nSPS) is 15.8. The first-order valence-electron chi connectivity index (χ1n) is 8.37. The van der Waals surface area contributed by atoms with Crippen LogP contribution in [0.3, 0.4) is 0 Å². The highest BCUT2D eigenvalue weighted by atomic mass is 19.3. The predicted octanol–water partition coefficient (Wildman–Crippen LogP) is 3.50. The first kappa shape index (κ1) is 17.4. The van der Waals surface area contributed by atoms with E-state index in [1.54, 1.807) is 18.2 Å². The minimum atomic E-state index is -3.35. The Hall–Kier alpha value is -2.44. The number of carbonyl (C=O) groups excluding carboxylic acids is 1. The lowest BCUT2D eigenvalue weighted by molar-refractivity contribution is -0.145. The number of aromatic nitrogens is 2. The van der Waals surface area contributed by atoms with Crippen LogP contribution in [0.15, 0.2) is 30.3 Å². The van der Waals surface area contributed by atoms with Crippen molar-refractivity contribution in [1.29, 1.82) is 0 Å². The molecule has 0 radical (unpaired) electrons. The van der Waals surface area contributed by atoms with Gasteiger partial charge in [0.05, 0.1) is 12.3 Å². The second-order valence-electron chi connectivity index (χ2n) is 6.06. The zero-order chi connectivity index (χ0) is 18.0. The second-order valence-corrected chi connectivity index (χ2v) is 6.06. The van der Waals surface area contributed by atoms with Crippen molar-refractivity contribution >= 4 is 6.09 Å². The first-order chi connectivity index (χ1) is 11.9. The predicted molar refractivity (Wildman–Crippen MR) is 88.4 cm³/mol. The Labute approximate surface area is 145 Å². The highest BCUT2D eigenvalue weighted by molar-refractivity contribution is 5.69. The van der Waals surface area contributed by atoms with E-state index in [1.165, 1.54) is 6.07 Å². The minimum Gasteiger partial charge on any atom is -0.449 e. The zero-order valence-electron chi connectivity index (χ0n) is 14.3. The number of hydrogen-bond acceptors (Lipinski definition) is 3. The van der Waals surface area contributed by atoms with Gasteiger partial charge in [-0.1, -0.05) is 24.3 Å². The third kappa shape index (κ3) is 3.36. The van der Waals surface area contributed by atoms with Gasteiger partial charge in [-0.3, -0.25) is 4.68 Å². The molecule has 134 valence electrons. The van der Waals surface area contributed by atoms with E-state index in [2.05, 4.69) is 5.10 Å². The van der Waals surface area contributed by atoms with Crippen molar-refractivity contribution in [3.8, 4) is 0 Å². The van der Waals surface area contributed by atoms with Crippen LogP contribution in [0.2, 0.25) is 0 Å². The summed E-state index contributed by atoms with van der Waals surface area (Å²) >= 11 is 0. The second kappa shape index (κ2) is 6.82. The summed E-state index contributed by atoms with van der Waals surface area (Å²) in [5, 5.41) is 4.31. The quantitative estimate of drug-likeness (QED) is 0.794. The van der Waals surface area contributed by atoms with Crippen LogP contribution in [0.25, 0.3) is 0 Å². The SMILES string of the molecule is CCn1nc(C)cc1CCOC(=O)N1CCc2ccccc2C1(F)F. The van der Waals surface area contributed by atoms with Crippen molar-refractivity contribution in [3.05, 3.63) is 52.8 Å². The Morgan fingerprint density at radius 1 is 1.36 bits per heavy atom. The molecule has 0 bridgehead atoms. The van der Waals surface area contributed by atoms with Gasteiger partial charge in [-0.05, 0) is 31.9 Å². The van der Waals surface area contributed by atoms with Crippen molar-refractivity contribution in [2.75, 3.05) is 13.2 Å². The van der Waals surface area contributed by atoms with E-state index in [0.29, 0.717) is 29.8 Å². The lowest BCUT2D eigenvalue weighted by atomic mass is 9.98. The molecule has 2 aromatic rings. The summed E-state index contributed by atoms with van der Waals surface area (Å²) < 4.78 is 36.1. The van der Waals surface area contributed by atoms with Gasteiger partial charge in [0.15, 0.2) is 0 Å². The molecule has 1 amide bonds. The van der Waals surface area contributed by atoms with E-state index in [1.807, 2.05) is 24.6 Å². The van der Waals surface area contributed by atoms with E-state index >= 15 is 0 Å². The number of hydrogen-bond donors (Lipinski definition) is 0. The molecular formula is C18H21F2N3O2. The van der Waals surface area contributed by atoms with E-state index in [-0.39, 0.29) is 18.7 Å². The van der Waals surface area contributed by atoms with Crippen LogP contribution >= 0.6 is 0 Å². The van der Waals surface area contributed by atoms with Gasteiger partial charge in [0.1, 0.15) is 0 Å². The number of ether oxygens (including phenoxy) is 1. The lowest BCUT2D eigenvalue weighted by Crippen LogP contribution is -2.48. The molecule has 0 atom stereocenters. The van der Waals surface area contributed by atoms with Crippen LogP contribution in [-0.4, -0.2) is 33.9 Å². The van der Waals surface area contributed by atoms with E-state index < -0.39 is 12.1 Å². The number of benzene rings is 1. The molecular weight excluding hydrogens is 328 g/mol. The summed E-state index contributed by atoms with van der Waals surface area (Å²) in [5.41, 5.74) is 2.24. The zero-order valence-corrected chi connectivity index (χ0v) is 14.3. The number of carbonyl (C=O) groups is 1. The van der Waals surface area contributed by atoms with E-state index in [9.17, 15) is 13.6 Å². The Morgan fingerprint density at radius 3 is 2.88 bits per heavy atom. The lowest BCUT2D eigenvalue weighted by Gasteiger charge is -2.35. The van der Waals surface area contributed by atoms with Crippen LogP contribution in [0.5, 0.6) is 0 Å². The molecule has 0 saturated heterocycles. The Bertz CT molecular complexity index is 773. The fraction of sp³-hybridized carbons (Fsp3) is 0.444. The largest absolute Gasteiger partial charge is 0.449 e. The number of aryl methyl sites for hydroxylation is 2. The summed E-state index contributed by atoms with van der Waals surface area (Å²) in [6.07, 6.45) is -0.155. The highest BCUT2D eigenvalue weighted by Gasteiger charge is 2.47. The topological polar surface area (TPSA) is 47.4 Å². The highest BCUT2D eigenvalue weighted by Crippen LogP contribution is 2.38. The van der Waals surface area contributed by atoms with Crippen molar-refractivity contribution in [2.24, 2.45) is 0 Å². The van der Waals surface area contributed by atoms with Gasteiger partial charge in [-0.15, -0.1) is 0 Å². The van der Waals surface area contributed by atoms with Gasteiger partial charge in [0, 0.05) is 30.8 Å².